The van der Waals surface area contributed by atoms with Crippen LogP contribution in [0.5, 0.6) is 0 Å². The van der Waals surface area contributed by atoms with Crippen LogP contribution in [0.1, 0.15) is 29.8 Å². The SMILES string of the molecule is CCOC(=O)c1cnc(N2c3ccccc3CC2C)nc1Cl. The summed E-state index contributed by atoms with van der Waals surface area (Å²) in [6.45, 7) is 4.13. The van der Waals surface area contributed by atoms with Gasteiger partial charge in [-0.05, 0) is 31.9 Å². The van der Waals surface area contributed by atoms with Crippen molar-refractivity contribution in [2.45, 2.75) is 26.3 Å². The minimum absolute atomic E-state index is 0.111. The zero-order valence-electron chi connectivity index (χ0n) is 12.4. The van der Waals surface area contributed by atoms with Crippen molar-refractivity contribution in [2.24, 2.45) is 0 Å². The third kappa shape index (κ3) is 2.52. The largest absolute Gasteiger partial charge is 0.462 e. The first-order valence-electron chi connectivity index (χ1n) is 7.18. The van der Waals surface area contributed by atoms with E-state index in [0.717, 1.165) is 12.1 Å². The molecular formula is C16H16ClN3O2. The third-order valence-electron chi connectivity index (χ3n) is 3.65. The maximum atomic E-state index is 11.8. The highest BCUT2D eigenvalue weighted by Crippen LogP contribution is 2.36. The van der Waals surface area contributed by atoms with E-state index >= 15 is 0 Å². The summed E-state index contributed by atoms with van der Waals surface area (Å²) in [5.41, 5.74) is 2.52. The molecule has 2 aromatic rings. The molecule has 0 saturated carbocycles. The number of halogens is 1. The van der Waals surface area contributed by atoms with Gasteiger partial charge in [0.25, 0.3) is 0 Å². The summed E-state index contributed by atoms with van der Waals surface area (Å²) < 4.78 is 4.93. The van der Waals surface area contributed by atoms with E-state index < -0.39 is 5.97 Å². The number of esters is 1. The number of hydrogen-bond acceptors (Lipinski definition) is 5. The molecule has 2 heterocycles. The van der Waals surface area contributed by atoms with Gasteiger partial charge in [-0.15, -0.1) is 0 Å². The Hall–Kier alpha value is -2.14. The Morgan fingerprint density at radius 1 is 1.45 bits per heavy atom. The molecule has 114 valence electrons. The van der Waals surface area contributed by atoms with Crippen LogP contribution in [-0.4, -0.2) is 28.6 Å². The van der Waals surface area contributed by atoms with Gasteiger partial charge in [-0.1, -0.05) is 29.8 Å². The zero-order chi connectivity index (χ0) is 15.7. The molecule has 22 heavy (non-hydrogen) atoms. The number of para-hydroxylation sites is 1. The van der Waals surface area contributed by atoms with Crippen molar-refractivity contribution >= 4 is 29.2 Å². The van der Waals surface area contributed by atoms with E-state index in [9.17, 15) is 4.79 Å². The standard InChI is InChI=1S/C16H16ClN3O2/c1-3-22-15(21)12-9-18-16(19-14(12)17)20-10(2)8-11-6-4-5-7-13(11)20/h4-7,9-10H,3,8H2,1-2H3. The number of benzene rings is 1. The van der Waals surface area contributed by atoms with Gasteiger partial charge >= 0.3 is 5.97 Å². The van der Waals surface area contributed by atoms with Gasteiger partial charge in [0, 0.05) is 17.9 Å². The average Bonchev–Trinajstić information content (AvgIpc) is 2.83. The van der Waals surface area contributed by atoms with Crippen molar-refractivity contribution in [1.29, 1.82) is 0 Å². The molecule has 1 atom stereocenters. The summed E-state index contributed by atoms with van der Waals surface area (Å²) in [7, 11) is 0. The van der Waals surface area contributed by atoms with Crippen molar-refractivity contribution in [3.05, 3.63) is 46.7 Å². The molecule has 0 amide bonds. The molecule has 1 aliphatic rings. The van der Waals surface area contributed by atoms with Gasteiger partial charge in [0.15, 0.2) is 0 Å². The predicted molar refractivity (Wildman–Crippen MR) is 84.7 cm³/mol. The van der Waals surface area contributed by atoms with Gasteiger partial charge in [0.1, 0.15) is 10.7 Å². The lowest BCUT2D eigenvalue weighted by Gasteiger charge is -2.22. The van der Waals surface area contributed by atoms with Crippen LogP contribution in [0, 0.1) is 0 Å². The van der Waals surface area contributed by atoms with Crippen LogP contribution in [0.15, 0.2) is 30.5 Å². The Morgan fingerprint density at radius 2 is 2.23 bits per heavy atom. The Labute approximate surface area is 133 Å². The van der Waals surface area contributed by atoms with Gasteiger partial charge < -0.3 is 9.64 Å². The molecule has 6 heteroatoms. The number of fused-ring (bicyclic) bond motifs is 1. The van der Waals surface area contributed by atoms with Crippen molar-refractivity contribution in [2.75, 3.05) is 11.5 Å². The lowest BCUT2D eigenvalue weighted by atomic mass is 10.1. The molecule has 5 nitrogen and oxygen atoms in total. The van der Waals surface area contributed by atoms with Crippen LogP contribution < -0.4 is 4.90 Å². The van der Waals surface area contributed by atoms with E-state index in [1.165, 1.54) is 11.8 Å². The van der Waals surface area contributed by atoms with Gasteiger partial charge in [-0.2, -0.15) is 4.98 Å². The van der Waals surface area contributed by atoms with Gasteiger partial charge in [-0.25, -0.2) is 9.78 Å². The van der Waals surface area contributed by atoms with E-state index in [2.05, 4.69) is 23.0 Å². The topological polar surface area (TPSA) is 55.3 Å². The Bertz CT molecular complexity index is 720. The smallest absolute Gasteiger partial charge is 0.342 e. The maximum Gasteiger partial charge on any atom is 0.342 e. The molecule has 0 radical (unpaired) electrons. The van der Waals surface area contributed by atoms with E-state index in [1.807, 2.05) is 23.1 Å². The highest BCUT2D eigenvalue weighted by Gasteiger charge is 2.29. The third-order valence-corrected chi connectivity index (χ3v) is 3.94. The molecule has 1 unspecified atom stereocenters. The fraction of sp³-hybridized carbons (Fsp3) is 0.312. The Morgan fingerprint density at radius 3 is 2.95 bits per heavy atom. The number of ether oxygens (including phenoxy) is 1. The van der Waals surface area contributed by atoms with Crippen molar-refractivity contribution < 1.29 is 9.53 Å². The quantitative estimate of drug-likeness (QED) is 0.641. The van der Waals surface area contributed by atoms with Crippen LogP contribution in [-0.2, 0) is 11.2 Å². The van der Waals surface area contributed by atoms with Gasteiger partial charge in [-0.3, -0.25) is 0 Å². The summed E-state index contributed by atoms with van der Waals surface area (Å²) in [6, 6.07) is 8.38. The van der Waals surface area contributed by atoms with Crippen LogP contribution >= 0.6 is 11.6 Å². The second kappa shape index (κ2) is 5.93. The highest BCUT2D eigenvalue weighted by atomic mass is 35.5. The van der Waals surface area contributed by atoms with Crippen LogP contribution in [0.25, 0.3) is 0 Å². The lowest BCUT2D eigenvalue weighted by molar-refractivity contribution is 0.0525. The molecule has 0 fully saturated rings. The van der Waals surface area contributed by atoms with Crippen LogP contribution in [0.2, 0.25) is 5.15 Å². The Kier molecular flexibility index (Phi) is 3.98. The highest BCUT2D eigenvalue weighted by molar-refractivity contribution is 6.32. The van der Waals surface area contributed by atoms with Crippen LogP contribution in [0.4, 0.5) is 11.6 Å². The normalized spacial score (nSPS) is 16.5. The van der Waals surface area contributed by atoms with Gasteiger partial charge in [0.2, 0.25) is 5.95 Å². The summed E-state index contributed by atoms with van der Waals surface area (Å²) >= 11 is 6.13. The fourth-order valence-corrected chi connectivity index (χ4v) is 2.89. The fourth-order valence-electron chi connectivity index (χ4n) is 2.68. The number of nitrogens with zero attached hydrogens (tertiary/aromatic N) is 3. The van der Waals surface area contributed by atoms with Gasteiger partial charge in [0.05, 0.1) is 6.61 Å². The molecule has 3 rings (SSSR count). The van der Waals surface area contributed by atoms with Crippen molar-refractivity contribution in [3.63, 3.8) is 0 Å². The maximum absolute atomic E-state index is 11.8. The van der Waals surface area contributed by atoms with Crippen LogP contribution in [0.3, 0.4) is 0 Å². The first-order chi connectivity index (χ1) is 10.6. The summed E-state index contributed by atoms with van der Waals surface area (Å²) in [6.07, 6.45) is 2.35. The molecule has 1 aliphatic heterocycles. The predicted octanol–water partition coefficient (Wildman–Crippen LogP) is 3.39. The first-order valence-corrected chi connectivity index (χ1v) is 7.56. The second-order valence-corrected chi connectivity index (χ2v) is 5.50. The molecule has 1 aromatic carbocycles. The van der Waals surface area contributed by atoms with E-state index in [4.69, 9.17) is 16.3 Å². The Balaban J connectivity index is 1.96. The second-order valence-electron chi connectivity index (χ2n) is 5.15. The minimum atomic E-state index is -0.506. The molecular weight excluding hydrogens is 302 g/mol. The average molecular weight is 318 g/mol. The molecule has 0 N–H and O–H groups in total. The minimum Gasteiger partial charge on any atom is -0.462 e. The molecule has 0 bridgehead atoms. The van der Waals surface area contributed by atoms with Crippen molar-refractivity contribution in [1.82, 2.24) is 9.97 Å². The molecule has 0 spiro atoms. The lowest BCUT2D eigenvalue weighted by Crippen LogP contribution is -2.26. The number of rotatable bonds is 3. The number of carbonyl (C=O) groups is 1. The zero-order valence-corrected chi connectivity index (χ0v) is 13.2. The number of hydrogen-bond donors (Lipinski definition) is 0. The monoisotopic (exact) mass is 317 g/mol. The van der Waals surface area contributed by atoms with E-state index in [-0.39, 0.29) is 23.4 Å². The summed E-state index contributed by atoms with van der Waals surface area (Å²) in [5.74, 6) is -0.00980. The molecule has 0 aliphatic carbocycles. The molecule has 1 aromatic heterocycles. The van der Waals surface area contributed by atoms with E-state index in [1.54, 1.807) is 6.92 Å². The number of aromatic nitrogens is 2. The summed E-state index contributed by atoms with van der Waals surface area (Å²) in [4.78, 5) is 22.4. The van der Waals surface area contributed by atoms with Crippen molar-refractivity contribution in [3.8, 4) is 0 Å². The number of carbonyl (C=O) groups excluding carboxylic acids is 1. The number of anilines is 2. The van der Waals surface area contributed by atoms with E-state index in [0.29, 0.717) is 5.95 Å². The summed E-state index contributed by atoms with van der Waals surface area (Å²) in [5, 5.41) is 0.111. The molecule has 0 saturated heterocycles. The first kappa shape index (κ1) is 14.8.